The molecule has 3 aromatic carbocycles. The Morgan fingerprint density at radius 2 is 1.62 bits per heavy atom. The third kappa shape index (κ3) is 7.99. The average Bonchev–Trinajstić information content (AvgIpc) is 2.89. The number of hydrogen-bond donors (Lipinski definition) is 3. The summed E-state index contributed by atoms with van der Waals surface area (Å²) >= 11 is 4.35. The Bertz CT molecular complexity index is 1300. The molecule has 0 bridgehead atoms. The van der Waals surface area contributed by atoms with E-state index in [1.807, 2.05) is 87.5 Å². The summed E-state index contributed by atoms with van der Waals surface area (Å²) in [6, 6.07) is 18.9. The van der Waals surface area contributed by atoms with E-state index in [-0.39, 0.29) is 17.7 Å². The fourth-order valence-electron chi connectivity index (χ4n) is 4.28. The van der Waals surface area contributed by atoms with Crippen LogP contribution in [0, 0.1) is 6.92 Å². The van der Waals surface area contributed by atoms with Crippen LogP contribution in [0.3, 0.4) is 0 Å². The van der Waals surface area contributed by atoms with Crippen LogP contribution in [-0.4, -0.2) is 46.2 Å². The molecule has 39 heavy (non-hydrogen) atoms. The molecule has 0 spiro atoms. The normalized spacial score (nSPS) is 13.7. The van der Waals surface area contributed by atoms with Crippen LogP contribution in [0.5, 0.6) is 0 Å². The summed E-state index contributed by atoms with van der Waals surface area (Å²) in [6.45, 7) is 11.1. The Morgan fingerprint density at radius 3 is 2.21 bits per heavy atom. The summed E-state index contributed by atoms with van der Waals surface area (Å²) in [5.41, 5.74) is 1.61. The number of rotatable bonds is 9. The van der Waals surface area contributed by atoms with Crippen molar-refractivity contribution in [2.45, 2.75) is 71.7 Å². The molecule has 3 unspecified atom stereocenters. The fourth-order valence-corrected chi connectivity index (χ4v) is 4.52. The summed E-state index contributed by atoms with van der Waals surface area (Å²) in [5.74, 6) is -0.722. The van der Waals surface area contributed by atoms with E-state index >= 15 is 0 Å². The molecule has 7 nitrogen and oxygen atoms in total. The number of aryl methyl sites for hydroxylation is 1. The molecule has 0 aliphatic carbocycles. The van der Waals surface area contributed by atoms with Gasteiger partial charge in [-0.1, -0.05) is 67.1 Å². The van der Waals surface area contributed by atoms with E-state index in [1.165, 1.54) is 0 Å². The zero-order valence-electron chi connectivity index (χ0n) is 23.5. The van der Waals surface area contributed by atoms with Crippen molar-refractivity contribution in [3.8, 4) is 0 Å². The first-order valence-corrected chi connectivity index (χ1v) is 13.9. The molecule has 3 atom stereocenters. The van der Waals surface area contributed by atoms with Gasteiger partial charge in [-0.3, -0.25) is 9.59 Å². The minimum absolute atomic E-state index is 0.0396. The highest BCUT2D eigenvalue weighted by Gasteiger charge is 2.38. The second kappa shape index (κ2) is 13.0. The van der Waals surface area contributed by atoms with Crippen LogP contribution in [-0.2, 0) is 14.3 Å². The lowest BCUT2D eigenvalue weighted by Crippen LogP contribution is -2.55. The number of ether oxygens (including phenoxy) is 1. The molecule has 208 valence electrons. The monoisotopic (exact) mass is 549 g/mol. The van der Waals surface area contributed by atoms with E-state index in [2.05, 4.69) is 23.3 Å². The van der Waals surface area contributed by atoms with Gasteiger partial charge < -0.3 is 20.3 Å². The Labute approximate surface area is 236 Å². The van der Waals surface area contributed by atoms with Crippen LogP contribution in [0.1, 0.15) is 58.2 Å². The van der Waals surface area contributed by atoms with Crippen molar-refractivity contribution in [2.24, 2.45) is 0 Å². The predicted octanol–water partition coefficient (Wildman–Crippen LogP) is 6.28. The SMILES string of the molecule is CCC(C)N(C(=O)C(CS)NC(=O)OC(C)(C)C)C(C(=O)Nc1ccc2ccccc2c1)c1ccc(C)cc1. The highest BCUT2D eigenvalue weighted by atomic mass is 32.1. The fraction of sp³-hybridized carbons (Fsp3) is 0.387. The van der Waals surface area contributed by atoms with Gasteiger partial charge in [0.2, 0.25) is 5.91 Å². The minimum atomic E-state index is -0.987. The van der Waals surface area contributed by atoms with Gasteiger partial charge in [0.15, 0.2) is 0 Å². The quantitative estimate of drug-likeness (QED) is 0.274. The lowest BCUT2D eigenvalue weighted by atomic mass is 9.99. The molecule has 0 saturated carbocycles. The van der Waals surface area contributed by atoms with E-state index in [4.69, 9.17) is 4.74 Å². The van der Waals surface area contributed by atoms with Crippen LogP contribution in [0.15, 0.2) is 66.7 Å². The van der Waals surface area contributed by atoms with E-state index in [9.17, 15) is 14.4 Å². The molecular weight excluding hydrogens is 510 g/mol. The van der Waals surface area contributed by atoms with Crippen LogP contribution >= 0.6 is 12.6 Å². The van der Waals surface area contributed by atoms with Gasteiger partial charge >= 0.3 is 6.09 Å². The number of thiol groups is 1. The third-order valence-electron chi connectivity index (χ3n) is 6.43. The highest BCUT2D eigenvalue weighted by molar-refractivity contribution is 7.80. The molecule has 8 heteroatoms. The largest absolute Gasteiger partial charge is 0.444 e. The number of carbonyl (C=O) groups excluding carboxylic acids is 3. The predicted molar refractivity (Wildman–Crippen MR) is 160 cm³/mol. The van der Waals surface area contributed by atoms with Crippen molar-refractivity contribution in [3.05, 3.63) is 77.9 Å². The lowest BCUT2D eigenvalue weighted by Gasteiger charge is -2.38. The van der Waals surface area contributed by atoms with Gasteiger partial charge in [0.1, 0.15) is 17.7 Å². The smallest absolute Gasteiger partial charge is 0.408 e. The van der Waals surface area contributed by atoms with E-state index in [0.717, 1.165) is 16.3 Å². The average molecular weight is 550 g/mol. The van der Waals surface area contributed by atoms with Gasteiger partial charge in [0.25, 0.3) is 5.91 Å². The van der Waals surface area contributed by atoms with Gasteiger partial charge in [-0.25, -0.2) is 4.79 Å². The number of nitrogens with one attached hydrogen (secondary N) is 2. The highest BCUT2D eigenvalue weighted by Crippen LogP contribution is 2.29. The van der Waals surface area contributed by atoms with Crippen molar-refractivity contribution >= 4 is 47.0 Å². The number of alkyl carbamates (subject to hydrolysis) is 1. The first-order chi connectivity index (χ1) is 18.4. The molecule has 0 aliphatic rings. The van der Waals surface area contributed by atoms with Crippen molar-refractivity contribution in [1.82, 2.24) is 10.2 Å². The summed E-state index contributed by atoms with van der Waals surface area (Å²) in [5, 5.41) is 7.73. The Hall–Kier alpha value is -3.52. The summed E-state index contributed by atoms with van der Waals surface area (Å²) in [4.78, 5) is 42.1. The maximum absolute atomic E-state index is 14.0. The molecule has 0 aromatic heterocycles. The molecule has 3 aromatic rings. The number of carbonyl (C=O) groups is 3. The molecule has 2 N–H and O–H groups in total. The molecule has 3 rings (SSSR count). The van der Waals surface area contributed by atoms with Gasteiger partial charge in [-0.2, -0.15) is 12.6 Å². The number of anilines is 1. The summed E-state index contributed by atoms with van der Waals surface area (Å²) in [6.07, 6.45) is -0.116. The van der Waals surface area contributed by atoms with Gasteiger partial charge in [-0.05, 0) is 69.5 Å². The zero-order valence-corrected chi connectivity index (χ0v) is 24.4. The number of benzene rings is 3. The molecule has 0 heterocycles. The Morgan fingerprint density at radius 1 is 0.974 bits per heavy atom. The summed E-state index contributed by atoms with van der Waals surface area (Å²) < 4.78 is 5.37. The molecule has 0 radical (unpaired) electrons. The molecular formula is C31H39N3O4S. The van der Waals surface area contributed by atoms with Crippen molar-refractivity contribution < 1.29 is 19.1 Å². The molecule has 3 amide bonds. The van der Waals surface area contributed by atoms with E-state index in [0.29, 0.717) is 17.7 Å². The van der Waals surface area contributed by atoms with Crippen LogP contribution < -0.4 is 10.6 Å². The van der Waals surface area contributed by atoms with Gasteiger partial charge in [0, 0.05) is 17.5 Å². The second-order valence-electron chi connectivity index (χ2n) is 10.7. The maximum Gasteiger partial charge on any atom is 0.408 e. The van der Waals surface area contributed by atoms with Gasteiger partial charge in [0.05, 0.1) is 0 Å². The molecule has 0 saturated heterocycles. The number of nitrogens with zero attached hydrogens (tertiary/aromatic N) is 1. The first-order valence-electron chi connectivity index (χ1n) is 13.2. The van der Waals surface area contributed by atoms with Crippen molar-refractivity contribution in [1.29, 1.82) is 0 Å². The van der Waals surface area contributed by atoms with Crippen LogP contribution in [0.4, 0.5) is 10.5 Å². The maximum atomic E-state index is 14.0. The zero-order chi connectivity index (χ0) is 28.7. The minimum Gasteiger partial charge on any atom is -0.444 e. The Balaban J connectivity index is 2.00. The number of hydrogen-bond acceptors (Lipinski definition) is 5. The number of amides is 3. The van der Waals surface area contributed by atoms with Gasteiger partial charge in [-0.15, -0.1) is 0 Å². The first kappa shape index (κ1) is 30.0. The molecule has 0 aliphatic heterocycles. The lowest BCUT2D eigenvalue weighted by molar-refractivity contribution is -0.142. The van der Waals surface area contributed by atoms with Crippen LogP contribution in [0.25, 0.3) is 10.8 Å². The van der Waals surface area contributed by atoms with Crippen molar-refractivity contribution in [3.63, 3.8) is 0 Å². The molecule has 0 fully saturated rings. The summed E-state index contributed by atoms with van der Waals surface area (Å²) in [7, 11) is 0. The standard InChI is InChI=1S/C31H39N3O4S/c1-7-21(3)34(29(36)26(19-39)33-30(37)38-31(4,5)6)27(23-14-12-20(2)13-15-23)28(35)32-25-17-16-22-10-8-9-11-24(22)18-25/h8-18,21,26-27,39H,7,19H2,1-6H3,(H,32,35)(H,33,37). The van der Waals surface area contributed by atoms with Crippen molar-refractivity contribution in [2.75, 3.05) is 11.1 Å². The topological polar surface area (TPSA) is 87.7 Å². The second-order valence-corrected chi connectivity index (χ2v) is 11.1. The Kier molecular flexibility index (Phi) is 10.0. The number of fused-ring (bicyclic) bond motifs is 1. The van der Waals surface area contributed by atoms with E-state index < -0.39 is 29.7 Å². The third-order valence-corrected chi connectivity index (χ3v) is 6.79. The van der Waals surface area contributed by atoms with E-state index in [1.54, 1.807) is 25.7 Å². The van der Waals surface area contributed by atoms with Crippen LogP contribution in [0.2, 0.25) is 0 Å².